The molecule has 1 heterocycles. The molecule has 0 radical (unpaired) electrons. The van der Waals surface area contributed by atoms with Crippen molar-refractivity contribution in [2.75, 3.05) is 12.4 Å². The molecule has 6 nitrogen and oxygen atoms in total. The highest BCUT2D eigenvalue weighted by Gasteiger charge is 2.21. The minimum atomic E-state index is -1.06. The number of ether oxygens (including phenoxy) is 1. The first-order valence-corrected chi connectivity index (χ1v) is 10.5. The number of rotatable bonds is 8. The molecule has 2 atom stereocenters. The Hall–Kier alpha value is -3.81. The Labute approximate surface area is 191 Å². The lowest BCUT2D eigenvalue weighted by Gasteiger charge is -2.19. The fourth-order valence-electron chi connectivity index (χ4n) is 3.45. The third-order valence-corrected chi connectivity index (χ3v) is 5.21. The number of hydrogen-bond acceptors (Lipinski definition) is 6. The highest BCUT2D eigenvalue weighted by atomic mass is 19.1. The second-order valence-electron chi connectivity index (χ2n) is 7.52. The maximum atomic E-state index is 13.2. The second-order valence-corrected chi connectivity index (χ2v) is 7.52. The van der Waals surface area contributed by atoms with Crippen molar-refractivity contribution >= 4 is 5.82 Å². The van der Waals surface area contributed by atoms with E-state index in [9.17, 15) is 14.6 Å². The molecular weight excluding hydrogens is 421 g/mol. The van der Waals surface area contributed by atoms with Gasteiger partial charge in [-0.05, 0) is 47.5 Å². The number of halogens is 1. The van der Waals surface area contributed by atoms with Crippen molar-refractivity contribution in [2.45, 2.75) is 18.8 Å². The second kappa shape index (κ2) is 10.2. The molecule has 168 valence electrons. The first-order valence-electron chi connectivity index (χ1n) is 10.5. The van der Waals surface area contributed by atoms with Gasteiger partial charge in [-0.15, -0.1) is 0 Å². The minimum Gasteiger partial charge on any atom is -0.497 e. The van der Waals surface area contributed by atoms with Crippen molar-refractivity contribution in [1.29, 1.82) is 0 Å². The Balaban J connectivity index is 1.65. The summed E-state index contributed by atoms with van der Waals surface area (Å²) in [5.41, 5.74) is 3.07. The zero-order valence-electron chi connectivity index (χ0n) is 18.0. The van der Waals surface area contributed by atoms with Crippen LogP contribution in [0.15, 0.2) is 85.1 Å². The summed E-state index contributed by atoms with van der Waals surface area (Å²) in [6.07, 6.45) is -0.269. The maximum Gasteiger partial charge on any atom is 0.152 e. The summed E-state index contributed by atoms with van der Waals surface area (Å²) in [5, 5.41) is 24.6. The van der Waals surface area contributed by atoms with E-state index in [1.165, 1.54) is 12.1 Å². The van der Waals surface area contributed by atoms with E-state index >= 15 is 0 Å². The lowest BCUT2D eigenvalue weighted by atomic mass is 10.1. The van der Waals surface area contributed by atoms with Crippen LogP contribution in [0, 0.1) is 5.82 Å². The zero-order chi connectivity index (χ0) is 23.2. The number of nitrogens with zero attached hydrogens (tertiary/aromatic N) is 2. The standard InChI is InChI=1S/C26H24FN3O3/c1-33-21-13-9-18(10-14-21)22-16-28-26(24(29-22)25(32)19-5-3-2-4-6-19)30-23(31)15-17-7-11-20(27)12-8-17/h2-14,16,23,25,31-32H,15H2,1H3,(H,28,30). The molecule has 0 saturated carbocycles. The highest BCUT2D eigenvalue weighted by molar-refractivity contribution is 5.61. The summed E-state index contributed by atoms with van der Waals surface area (Å²) in [6.45, 7) is 0. The lowest BCUT2D eigenvalue weighted by Crippen LogP contribution is -2.24. The quantitative estimate of drug-likeness (QED) is 0.350. The molecule has 0 aliphatic heterocycles. The largest absolute Gasteiger partial charge is 0.497 e. The van der Waals surface area contributed by atoms with Gasteiger partial charge in [-0.3, -0.25) is 0 Å². The van der Waals surface area contributed by atoms with E-state index < -0.39 is 12.3 Å². The molecule has 0 fully saturated rings. The van der Waals surface area contributed by atoms with Crippen molar-refractivity contribution in [3.63, 3.8) is 0 Å². The molecule has 0 aliphatic carbocycles. The summed E-state index contributed by atoms with van der Waals surface area (Å²) in [6, 6.07) is 22.4. The molecule has 0 aliphatic rings. The van der Waals surface area contributed by atoms with Gasteiger partial charge in [0.05, 0.1) is 19.0 Å². The van der Waals surface area contributed by atoms with E-state index in [1.807, 2.05) is 42.5 Å². The number of aliphatic hydroxyl groups excluding tert-OH is 2. The number of hydrogen-bond donors (Lipinski definition) is 3. The van der Waals surface area contributed by atoms with E-state index in [2.05, 4.69) is 15.3 Å². The van der Waals surface area contributed by atoms with Crippen LogP contribution in [-0.4, -0.2) is 33.5 Å². The summed E-state index contributed by atoms with van der Waals surface area (Å²) >= 11 is 0. The van der Waals surface area contributed by atoms with Gasteiger partial charge in [-0.2, -0.15) is 0 Å². The van der Waals surface area contributed by atoms with Crippen molar-refractivity contribution in [2.24, 2.45) is 0 Å². The fraction of sp³-hybridized carbons (Fsp3) is 0.154. The van der Waals surface area contributed by atoms with Crippen LogP contribution in [0.2, 0.25) is 0 Å². The van der Waals surface area contributed by atoms with Crippen LogP contribution in [0.3, 0.4) is 0 Å². The van der Waals surface area contributed by atoms with E-state index in [-0.39, 0.29) is 23.7 Å². The molecule has 4 rings (SSSR count). The average Bonchev–Trinajstić information content (AvgIpc) is 2.86. The van der Waals surface area contributed by atoms with Gasteiger partial charge in [0.2, 0.25) is 0 Å². The predicted molar refractivity (Wildman–Crippen MR) is 124 cm³/mol. The molecule has 3 N–H and O–H groups in total. The van der Waals surface area contributed by atoms with Crippen molar-refractivity contribution in [1.82, 2.24) is 9.97 Å². The van der Waals surface area contributed by atoms with Gasteiger partial charge in [0.15, 0.2) is 5.82 Å². The van der Waals surface area contributed by atoms with Crippen molar-refractivity contribution < 1.29 is 19.3 Å². The molecule has 0 amide bonds. The summed E-state index contributed by atoms with van der Waals surface area (Å²) < 4.78 is 18.4. The van der Waals surface area contributed by atoms with Crippen LogP contribution in [0.25, 0.3) is 11.3 Å². The molecule has 1 aromatic heterocycles. The van der Waals surface area contributed by atoms with E-state index in [1.54, 1.807) is 37.6 Å². The van der Waals surface area contributed by atoms with Crippen LogP contribution in [0.4, 0.5) is 10.2 Å². The van der Waals surface area contributed by atoms with Gasteiger partial charge in [0, 0.05) is 12.0 Å². The Morgan fingerprint density at radius 2 is 1.64 bits per heavy atom. The topological polar surface area (TPSA) is 87.5 Å². The monoisotopic (exact) mass is 445 g/mol. The smallest absolute Gasteiger partial charge is 0.152 e. The maximum absolute atomic E-state index is 13.2. The van der Waals surface area contributed by atoms with E-state index in [0.717, 1.165) is 16.9 Å². The minimum absolute atomic E-state index is 0.225. The molecule has 7 heteroatoms. The van der Waals surface area contributed by atoms with Crippen molar-refractivity contribution in [3.8, 4) is 17.0 Å². The summed E-state index contributed by atoms with van der Waals surface area (Å²) in [4.78, 5) is 9.12. The van der Waals surface area contributed by atoms with Crippen molar-refractivity contribution in [3.05, 3.63) is 108 Å². The Morgan fingerprint density at radius 3 is 2.30 bits per heavy atom. The molecule has 4 aromatic rings. The van der Waals surface area contributed by atoms with Gasteiger partial charge in [0.25, 0.3) is 0 Å². The van der Waals surface area contributed by atoms with Gasteiger partial charge < -0.3 is 20.3 Å². The van der Waals surface area contributed by atoms with Gasteiger partial charge in [0.1, 0.15) is 29.6 Å². The SMILES string of the molecule is COc1ccc(-c2cnc(NC(O)Cc3ccc(F)cc3)c(C(O)c3ccccc3)n2)cc1. The summed E-state index contributed by atoms with van der Waals surface area (Å²) in [5.74, 6) is 0.645. The molecule has 0 spiro atoms. The van der Waals surface area contributed by atoms with E-state index in [4.69, 9.17) is 4.74 Å². The van der Waals surface area contributed by atoms with Gasteiger partial charge in [-0.25, -0.2) is 14.4 Å². The Bertz CT molecular complexity index is 1190. The first kappa shape index (κ1) is 22.4. The molecule has 0 saturated heterocycles. The third-order valence-electron chi connectivity index (χ3n) is 5.21. The molecule has 3 aromatic carbocycles. The molecule has 33 heavy (non-hydrogen) atoms. The highest BCUT2D eigenvalue weighted by Crippen LogP contribution is 2.29. The molecular formula is C26H24FN3O3. The fourth-order valence-corrected chi connectivity index (χ4v) is 3.45. The Kier molecular flexibility index (Phi) is 6.92. The van der Waals surface area contributed by atoms with Crippen LogP contribution in [0.5, 0.6) is 5.75 Å². The average molecular weight is 445 g/mol. The molecule has 0 bridgehead atoms. The normalized spacial score (nSPS) is 12.7. The van der Waals surface area contributed by atoms with E-state index in [0.29, 0.717) is 11.3 Å². The van der Waals surface area contributed by atoms with Gasteiger partial charge in [-0.1, -0.05) is 42.5 Å². The number of benzene rings is 3. The predicted octanol–water partition coefficient (Wildman–Crippen LogP) is 4.35. The van der Waals surface area contributed by atoms with Crippen LogP contribution in [0.1, 0.15) is 22.9 Å². The zero-order valence-corrected chi connectivity index (χ0v) is 18.0. The number of aromatic nitrogens is 2. The number of aliphatic hydroxyl groups is 2. The number of methoxy groups -OCH3 is 1. The third kappa shape index (κ3) is 5.52. The number of anilines is 1. The molecule has 2 unspecified atom stereocenters. The first-order chi connectivity index (χ1) is 16.0. The van der Waals surface area contributed by atoms with Crippen LogP contribution < -0.4 is 10.1 Å². The summed E-state index contributed by atoms with van der Waals surface area (Å²) in [7, 11) is 1.60. The lowest BCUT2D eigenvalue weighted by molar-refractivity contribution is 0.199. The van der Waals surface area contributed by atoms with Crippen LogP contribution in [-0.2, 0) is 6.42 Å². The Morgan fingerprint density at radius 1 is 0.939 bits per heavy atom. The van der Waals surface area contributed by atoms with Crippen LogP contribution >= 0.6 is 0 Å². The van der Waals surface area contributed by atoms with Gasteiger partial charge >= 0.3 is 0 Å². The number of nitrogens with one attached hydrogen (secondary N) is 1.